The minimum Gasteiger partial charge on any atom is -0.396 e. The lowest BCUT2D eigenvalue weighted by molar-refractivity contribution is -0.129. The van der Waals surface area contributed by atoms with Crippen LogP contribution in [0.4, 0.5) is 0 Å². The molecule has 16 heavy (non-hydrogen) atoms. The first kappa shape index (κ1) is 11.1. The van der Waals surface area contributed by atoms with Crippen molar-refractivity contribution in [3.8, 4) is 0 Å². The Morgan fingerprint density at radius 2 is 2.50 bits per heavy atom. The lowest BCUT2D eigenvalue weighted by atomic mass is 10.1. The van der Waals surface area contributed by atoms with Crippen molar-refractivity contribution >= 4 is 5.91 Å². The van der Waals surface area contributed by atoms with Crippen LogP contribution in [0, 0.1) is 5.92 Å². The molecule has 1 aromatic heterocycles. The molecule has 0 saturated carbocycles. The molecule has 1 saturated heterocycles. The lowest BCUT2D eigenvalue weighted by Gasteiger charge is -2.24. The highest BCUT2D eigenvalue weighted by Crippen LogP contribution is 2.20. The summed E-state index contributed by atoms with van der Waals surface area (Å²) < 4.78 is 1.82. The topological polar surface area (TPSA) is 58.4 Å². The Hall–Kier alpha value is -1.36. The fraction of sp³-hybridized carbons (Fsp3) is 0.636. The SMILES string of the molecule is CC(Cn1cccn1)N1CC(CO)CC1=O. The molecule has 1 aromatic rings. The number of aliphatic hydroxyl groups excluding tert-OH is 1. The van der Waals surface area contributed by atoms with Crippen LogP contribution in [0.5, 0.6) is 0 Å². The maximum atomic E-state index is 11.7. The normalized spacial score (nSPS) is 22.8. The van der Waals surface area contributed by atoms with E-state index in [9.17, 15) is 4.79 Å². The Balaban J connectivity index is 1.95. The third-order valence-corrected chi connectivity index (χ3v) is 3.04. The Morgan fingerprint density at radius 1 is 1.69 bits per heavy atom. The molecule has 1 N–H and O–H groups in total. The summed E-state index contributed by atoms with van der Waals surface area (Å²) in [5, 5.41) is 13.2. The maximum absolute atomic E-state index is 11.7. The van der Waals surface area contributed by atoms with Crippen molar-refractivity contribution in [1.82, 2.24) is 14.7 Å². The second-order valence-electron chi connectivity index (χ2n) is 4.38. The number of amides is 1. The maximum Gasteiger partial charge on any atom is 0.223 e. The smallest absolute Gasteiger partial charge is 0.223 e. The fourth-order valence-electron chi connectivity index (χ4n) is 2.13. The molecule has 2 atom stereocenters. The van der Waals surface area contributed by atoms with Crippen LogP contribution in [0.1, 0.15) is 13.3 Å². The van der Waals surface area contributed by atoms with Gasteiger partial charge in [0, 0.05) is 43.9 Å². The van der Waals surface area contributed by atoms with Crippen molar-refractivity contribution in [1.29, 1.82) is 0 Å². The van der Waals surface area contributed by atoms with E-state index in [4.69, 9.17) is 5.11 Å². The average molecular weight is 223 g/mol. The molecule has 2 heterocycles. The van der Waals surface area contributed by atoms with Crippen LogP contribution in [-0.4, -0.2) is 44.9 Å². The van der Waals surface area contributed by atoms with E-state index in [-0.39, 0.29) is 24.5 Å². The number of aliphatic hydroxyl groups is 1. The third-order valence-electron chi connectivity index (χ3n) is 3.04. The first-order valence-electron chi connectivity index (χ1n) is 5.58. The summed E-state index contributed by atoms with van der Waals surface area (Å²) in [5.74, 6) is 0.242. The van der Waals surface area contributed by atoms with Crippen LogP contribution in [0.15, 0.2) is 18.5 Å². The van der Waals surface area contributed by atoms with Crippen molar-refractivity contribution in [2.45, 2.75) is 25.9 Å². The van der Waals surface area contributed by atoms with Gasteiger partial charge in [-0.05, 0) is 13.0 Å². The molecular weight excluding hydrogens is 206 g/mol. The molecule has 2 unspecified atom stereocenters. The van der Waals surface area contributed by atoms with Gasteiger partial charge in [-0.2, -0.15) is 5.10 Å². The van der Waals surface area contributed by atoms with Gasteiger partial charge >= 0.3 is 0 Å². The van der Waals surface area contributed by atoms with Gasteiger partial charge in [-0.25, -0.2) is 0 Å². The summed E-state index contributed by atoms with van der Waals surface area (Å²) in [6.07, 6.45) is 4.09. The monoisotopic (exact) mass is 223 g/mol. The Bertz CT molecular complexity index is 350. The summed E-state index contributed by atoms with van der Waals surface area (Å²) in [6, 6.07) is 2.00. The highest BCUT2D eigenvalue weighted by Gasteiger charge is 2.32. The number of rotatable bonds is 4. The van der Waals surface area contributed by atoms with Gasteiger partial charge in [0.05, 0.1) is 6.54 Å². The van der Waals surface area contributed by atoms with Gasteiger partial charge in [0.1, 0.15) is 0 Å². The van der Waals surface area contributed by atoms with E-state index in [1.165, 1.54) is 0 Å². The molecule has 5 heteroatoms. The molecule has 0 aliphatic carbocycles. The Morgan fingerprint density at radius 3 is 3.06 bits per heavy atom. The van der Waals surface area contributed by atoms with E-state index in [1.54, 1.807) is 6.20 Å². The molecule has 0 radical (unpaired) electrons. The average Bonchev–Trinajstić information content (AvgIpc) is 2.87. The summed E-state index contributed by atoms with van der Waals surface area (Å²) in [4.78, 5) is 13.5. The second-order valence-corrected chi connectivity index (χ2v) is 4.38. The lowest BCUT2D eigenvalue weighted by Crippen LogP contribution is -2.37. The van der Waals surface area contributed by atoms with E-state index in [0.717, 1.165) is 0 Å². The molecule has 1 aliphatic heterocycles. The molecule has 2 rings (SSSR count). The van der Waals surface area contributed by atoms with Gasteiger partial charge < -0.3 is 10.0 Å². The predicted molar refractivity (Wildman–Crippen MR) is 58.6 cm³/mol. The van der Waals surface area contributed by atoms with E-state index < -0.39 is 0 Å². The first-order chi connectivity index (χ1) is 7.70. The van der Waals surface area contributed by atoms with Gasteiger partial charge in [-0.3, -0.25) is 9.48 Å². The van der Waals surface area contributed by atoms with Crippen LogP contribution < -0.4 is 0 Å². The highest BCUT2D eigenvalue weighted by atomic mass is 16.3. The van der Waals surface area contributed by atoms with Crippen molar-refractivity contribution in [3.63, 3.8) is 0 Å². The summed E-state index contributed by atoms with van der Waals surface area (Å²) >= 11 is 0. The number of nitrogens with zero attached hydrogens (tertiary/aromatic N) is 3. The Labute approximate surface area is 94.7 Å². The zero-order chi connectivity index (χ0) is 11.5. The van der Waals surface area contributed by atoms with Crippen molar-refractivity contribution in [3.05, 3.63) is 18.5 Å². The molecule has 0 aromatic carbocycles. The molecule has 1 fully saturated rings. The van der Waals surface area contributed by atoms with Crippen LogP contribution in [0.3, 0.4) is 0 Å². The number of carbonyl (C=O) groups excluding carboxylic acids is 1. The molecular formula is C11H17N3O2. The van der Waals surface area contributed by atoms with Gasteiger partial charge in [-0.15, -0.1) is 0 Å². The molecule has 1 aliphatic rings. The van der Waals surface area contributed by atoms with Gasteiger partial charge in [0.25, 0.3) is 0 Å². The first-order valence-corrected chi connectivity index (χ1v) is 5.58. The number of carbonyl (C=O) groups is 1. The number of aromatic nitrogens is 2. The molecule has 5 nitrogen and oxygen atoms in total. The number of hydrogen-bond acceptors (Lipinski definition) is 3. The van der Waals surface area contributed by atoms with Crippen LogP contribution in [-0.2, 0) is 11.3 Å². The standard InChI is InChI=1S/C11H17N3O2/c1-9(6-13-4-2-3-12-13)14-7-10(8-15)5-11(14)16/h2-4,9-10,15H,5-8H2,1H3. The number of likely N-dealkylation sites (tertiary alicyclic amines) is 1. The van der Waals surface area contributed by atoms with Crippen LogP contribution >= 0.6 is 0 Å². The summed E-state index contributed by atoms with van der Waals surface area (Å²) in [7, 11) is 0. The van der Waals surface area contributed by atoms with Crippen molar-refractivity contribution in [2.75, 3.05) is 13.2 Å². The van der Waals surface area contributed by atoms with Crippen molar-refractivity contribution in [2.24, 2.45) is 5.92 Å². The van der Waals surface area contributed by atoms with E-state index in [1.807, 2.05) is 28.8 Å². The largest absolute Gasteiger partial charge is 0.396 e. The van der Waals surface area contributed by atoms with E-state index in [2.05, 4.69) is 5.10 Å². The molecule has 0 bridgehead atoms. The van der Waals surface area contributed by atoms with E-state index >= 15 is 0 Å². The predicted octanol–water partition coefficient (Wildman–Crippen LogP) is 0.112. The number of hydrogen-bond donors (Lipinski definition) is 1. The van der Waals surface area contributed by atoms with Crippen molar-refractivity contribution < 1.29 is 9.90 Å². The second kappa shape index (κ2) is 4.65. The highest BCUT2D eigenvalue weighted by molar-refractivity contribution is 5.78. The zero-order valence-corrected chi connectivity index (χ0v) is 9.41. The molecule has 88 valence electrons. The zero-order valence-electron chi connectivity index (χ0n) is 9.41. The quantitative estimate of drug-likeness (QED) is 0.788. The van der Waals surface area contributed by atoms with Gasteiger partial charge in [-0.1, -0.05) is 0 Å². The summed E-state index contributed by atoms with van der Waals surface area (Å²) in [6.45, 7) is 3.48. The molecule has 1 amide bonds. The van der Waals surface area contributed by atoms with Crippen LogP contribution in [0.2, 0.25) is 0 Å². The molecule has 0 spiro atoms. The van der Waals surface area contributed by atoms with Crippen LogP contribution in [0.25, 0.3) is 0 Å². The summed E-state index contributed by atoms with van der Waals surface area (Å²) in [5.41, 5.74) is 0. The van der Waals surface area contributed by atoms with E-state index in [0.29, 0.717) is 19.5 Å². The van der Waals surface area contributed by atoms with Gasteiger partial charge in [0.2, 0.25) is 5.91 Å². The Kier molecular flexibility index (Phi) is 3.24. The van der Waals surface area contributed by atoms with Gasteiger partial charge in [0.15, 0.2) is 0 Å². The minimum atomic E-state index is 0.0940. The third kappa shape index (κ3) is 2.24. The minimum absolute atomic E-state index is 0.0940. The fourth-order valence-corrected chi connectivity index (χ4v) is 2.13.